The predicted octanol–water partition coefficient (Wildman–Crippen LogP) is 4.69. The number of carbonyl (C=O) groups is 1. The number of nitrogens with zero attached hydrogens (tertiary/aromatic N) is 1. The molecule has 1 aliphatic rings. The number of amides is 1. The van der Waals surface area contributed by atoms with Crippen LogP contribution in [0.15, 0.2) is 48.5 Å². The van der Waals surface area contributed by atoms with Crippen LogP contribution in [-0.2, 0) is 16.1 Å². The molecule has 2 aromatic carbocycles. The Kier molecular flexibility index (Phi) is 6.18. The zero-order valence-corrected chi connectivity index (χ0v) is 14.9. The Bertz CT molecular complexity index is 791. The number of ether oxygens (including phenoxy) is 2. The molecule has 1 fully saturated rings. The Balaban J connectivity index is 1.50. The Morgan fingerprint density at radius 2 is 1.64 bits per heavy atom. The number of carbonyl (C=O) groups excluding carboxylic acids is 1. The lowest BCUT2D eigenvalue weighted by Gasteiger charge is -2.33. The summed E-state index contributed by atoms with van der Waals surface area (Å²) in [5, 5.41) is 0. The molecule has 3 rings (SSSR count). The molecule has 1 atom stereocenters. The maximum Gasteiger partial charge on any atom is 0.471 e. The van der Waals surface area contributed by atoms with E-state index in [1.54, 1.807) is 24.3 Å². The predicted molar refractivity (Wildman–Crippen MR) is 93.4 cm³/mol. The van der Waals surface area contributed by atoms with Gasteiger partial charge in [-0.25, -0.2) is 4.39 Å². The second kappa shape index (κ2) is 8.60. The first kappa shape index (κ1) is 20.1. The minimum absolute atomic E-state index is 0.0654. The Hall–Kier alpha value is -2.61. The number of likely N-dealkylation sites (tertiary alicyclic amines) is 1. The first-order chi connectivity index (χ1) is 13.3. The van der Waals surface area contributed by atoms with E-state index in [9.17, 15) is 22.4 Å². The lowest BCUT2D eigenvalue weighted by molar-refractivity contribution is -0.188. The molecule has 0 N–H and O–H groups in total. The van der Waals surface area contributed by atoms with Crippen LogP contribution >= 0.6 is 0 Å². The molecule has 8 heteroatoms. The summed E-state index contributed by atoms with van der Waals surface area (Å²) >= 11 is 0. The first-order valence-corrected chi connectivity index (χ1v) is 8.81. The van der Waals surface area contributed by atoms with Crippen LogP contribution in [0, 0.1) is 5.82 Å². The van der Waals surface area contributed by atoms with Crippen molar-refractivity contribution in [1.29, 1.82) is 0 Å². The molecule has 0 radical (unpaired) electrons. The molecular formula is C20H19F4NO3. The molecule has 1 heterocycles. The summed E-state index contributed by atoms with van der Waals surface area (Å²) in [5.41, 5.74) is 0.825. The molecule has 2 aromatic rings. The molecule has 1 saturated heterocycles. The van der Waals surface area contributed by atoms with Crippen LogP contribution in [0.3, 0.4) is 0 Å². The van der Waals surface area contributed by atoms with Gasteiger partial charge in [0.1, 0.15) is 17.3 Å². The summed E-state index contributed by atoms with van der Waals surface area (Å²) in [7, 11) is 0. The van der Waals surface area contributed by atoms with Gasteiger partial charge in [-0.05, 0) is 54.8 Å². The number of halogens is 4. The highest BCUT2D eigenvalue weighted by atomic mass is 19.4. The molecule has 150 valence electrons. The zero-order chi connectivity index (χ0) is 20.1. The van der Waals surface area contributed by atoms with Gasteiger partial charge in [0.25, 0.3) is 0 Å². The minimum atomic E-state index is -4.86. The summed E-state index contributed by atoms with van der Waals surface area (Å²) in [6, 6.07) is 12.6. The van der Waals surface area contributed by atoms with E-state index in [-0.39, 0.29) is 25.5 Å². The van der Waals surface area contributed by atoms with Crippen molar-refractivity contribution in [3.63, 3.8) is 0 Å². The van der Waals surface area contributed by atoms with Crippen molar-refractivity contribution in [3.05, 3.63) is 59.9 Å². The third-order valence-corrected chi connectivity index (χ3v) is 4.37. The molecule has 0 saturated carbocycles. The minimum Gasteiger partial charge on any atom is -0.457 e. The van der Waals surface area contributed by atoms with Crippen molar-refractivity contribution < 1.29 is 31.8 Å². The van der Waals surface area contributed by atoms with Gasteiger partial charge in [0.15, 0.2) is 0 Å². The fourth-order valence-electron chi connectivity index (χ4n) is 2.94. The summed E-state index contributed by atoms with van der Waals surface area (Å²) in [6.45, 7) is 0.243. The van der Waals surface area contributed by atoms with Gasteiger partial charge >= 0.3 is 12.1 Å². The van der Waals surface area contributed by atoms with Crippen molar-refractivity contribution in [2.24, 2.45) is 0 Å². The number of benzene rings is 2. The van der Waals surface area contributed by atoms with Crippen molar-refractivity contribution in [1.82, 2.24) is 4.90 Å². The van der Waals surface area contributed by atoms with Crippen LogP contribution in [0.5, 0.6) is 11.5 Å². The number of rotatable bonds is 5. The van der Waals surface area contributed by atoms with Gasteiger partial charge in [0.05, 0.1) is 12.7 Å². The van der Waals surface area contributed by atoms with E-state index < -0.39 is 18.2 Å². The molecule has 0 aliphatic carbocycles. The largest absolute Gasteiger partial charge is 0.471 e. The number of hydrogen-bond acceptors (Lipinski definition) is 3. The van der Waals surface area contributed by atoms with E-state index in [1.165, 1.54) is 24.3 Å². The van der Waals surface area contributed by atoms with Gasteiger partial charge in [-0.3, -0.25) is 4.79 Å². The highest BCUT2D eigenvalue weighted by Crippen LogP contribution is 2.24. The zero-order valence-electron chi connectivity index (χ0n) is 14.9. The maximum atomic E-state index is 12.9. The van der Waals surface area contributed by atoms with Crippen LogP contribution in [-0.4, -0.2) is 36.2 Å². The highest BCUT2D eigenvalue weighted by molar-refractivity contribution is 5.81. The quantitative estimate of drug-likeness (QED) is 0.688. The normalized spacial score (nSPS) is 17.4. The van der Waals surface area contributed by atoms with Crippen molar-refractivity contribution in [2.45, 2.75) is 31.7 Å². The second-order valence-corrected chi connectivity index (χ2v) is 6.52. The van der Waals surface area contributed by atoms with Gasteiger partial charge in [-0.1, -0.05) is 12.1 Å². The number of alkyl halides is 3. The second-order valence-electron chi connectivity index (χ2n) is 6.52. The highest BCUT2D eigenvalue weighted by Gasteiger charge is 2.43. The maximum absolute atomic E-state index is 12.9. The van der Waals surface area contributed by atoms with Gasteiger partial charge < -0.3 is 14.4 Å². The van der Waals surface area contributed by atoms with Crippen LogP contribution in [0.2, 0.25) is 0 Å². The lowest BCUT2D eigenvalue weighted by Crippen LogP contribution is -2.48. The van der Waals surface area contributed by atoms with Crippen LogP contribution in [0.1, 0.15) is 18.4 Å². The Morgan fingerprint density at radius 1 is 1.04 bits per heavy atom. The third kappa shape index (κ3) is 5.45. The van der Waals surface area contributed by atoms with Crippen molar-refractivity contribution in [2.75, 3.05) is 13.1 Å². The van der Waals surface area contributed by atoms with Gasteiger partial charge in [-0.15, -0.1) is 0 Å². The van der Waals surface area contributed by atoms with Crippen molar-refractivity contribution in [3.8, 4) is 11.5 Å². The number of hydrogen-bond donors (Lipinski definition) is 0. The van der Waals surface area contributed by atoms with E-state index in [0.717, 1.165) is 10.5 Å². The summed E-state index contributed by atoms with van der Waals surface area (Å²) < 4.78 is 61.9. The van der Waals surface area contributed by atoms with E-state index in [4.69, 9.17) is 9.47 Å². The van der Waals surface area contributed by atoms with Gasteiger partial charge in [-0.2, -0.15) is 13.2 Å². The fraction of sp³-hybridized carbons (Fsp3) is 0.350. The topological polar surface area (TPSA) is 38.8 Å². The third-order valence-electron chi connectivity index (χ3n) is 4.37. The van der Waals surface area contributed by atoms with Gasteiger partial charge in [0, 0.05) is 13.1 Å². The summed E-state index contributed by atoms with van der Waals surface area (Å²) in [4.78, 5) is 12.2. The van der Waals surface area contributed by atoms with E-state index in [1.807, 2.05) is 0 Å². The van der Waals surface area contributed by atoms with Gasteiger partial charge in [0.2, 0.25) is 0 Å². The van der Waals surface area contributed by atoms with Crippen LogP contribution in [0.4, 0.5) is 17.6 Å². The first-order valence-electron chi connectivity index (χ1n) is 8.81. The fourth-order valence-corrected chi connectivity index (χ4v) is 2.94. The molecule has 28 heavy (non-hydrogen) atoms. The standard InChI is InChI=1S/C20H19F4NO3/c21-15-5-9-17(10-6-15)28-16-7-3-14(4-8-16)13-27-18-2-1-11-25(12-18)19(26)20(22,23)24/h3-10,18H,1-2,11-13H2. The Labute approximate surface area is 159 Å². The van der Waals surface area contributed by atoms with Crippen LogP contribution < -0.4 is 4.74 Å². The average Bonchev–Trinajstić information content (AvgIpc) is 2.68. The molecule has 1 unspecified atom stereocenters. The monoisotopic (exact) mass is 397 g/mol. The molecular weight excluding hydrogens is 378 g/mol. The van der Waals surface area contributed by atoms with Crippen LogP contribution in [0.25, 0.3) is 0 Å². The van der Waals surface area contributed by atoms with E-state index >= 15 is 0 Å². The lowest BCUT2D eigenvalue weighted by atomic mass is 10.1. The molecule has 4 nitrogen and oxygen atoms in total. The van der Waals surface area contributed by atoms with Crippen molar-refractivity contribution >= 4 is 5.91 Å². The molecule has 0 bridgehead atoms. The molecule has 0 spiro atoms. The van der Waals surface area contributed by atoms with E-state index in [0.29, 0.717) is 24.3 Å². The smallest absolute Gasteiger partial charge is 0.457 e. The number of piperidine rings is 1. The molecule has 1 aliphatic heterocycles. The average molecular weight is 397 g/mol. The molecule has 1 amide bonds. The SMILES string of the molecule is O=C(N1CCCC(OCc2ccc(Oc3ccc(F)cc3)cc2)C1)C(F)(F)F. The summed E-state index contributed by atoms with van der Waals surface area (Å²) in [5.74, 6) is -1.10. The van der Waals surface area contributed by atoms with E-state index in [2.05, 4.69) is 0 Å². The summed E-state index contributed by atoms with van der Waals surface area (Å²) in [6.07, 6.45) is -4.22. The molecule has 0 aromatic heterocycles. The Morgan fingerprint density at radius 3 is 2.25 bits per heavy atom.